The highest BCUT2D eigenvalue weighted by Crippen LogP contribution is 2.27. The molecule has 0 atom stereocenters. The minimum absolute atomic E-state index is 0.561. The smallest absolute Gasteiger partial charge is 0.162 e. The Labute approximate surface area is 77.5 Å². The fraction of sp³-hybridized carbons (Fsp3) is 0.300. The standard InChI is InChI=1S/C10H11NO2/c1-3-13-10-6-8(7-11)4-5-9(10)12-2/h4-6H,3H2,1-2H3. The summed E-state index contributed by atoms with van der Waals surface area (Å²) >= 11 is 0. The summed E-state index contributed by atoms with van der Waals surface area (Å²) in [5, 5.41) is 8.65. The van der Waals surface area contributed by atoms with Gasteiger partial charge in [-0.05, 0) is 19.1 Å². The Kier molecular flexibility index (Phi) is 3.15. The van der Waals surface area contributed by atoms with Gasteiger partial charge < -0.3 is 9.47 Å². The number of hydrogen-bond donors (Lipinski definition) is 0. The van der Waals surface area contributed by atoms with Crippen LogP contribution in [0.3, 0.4) is 0 Å². The van der Waals surface area contributed by atoms with E-state index in [1.807, 2.05) is 13.0 Å². The first-order valence-electron chi connectivity index (χ1n) is 4.02. The van der Waals surface area contributed by atoms with Crippen molar-refractivity contribution in [1.82, 2.24) is 0 Å². The Morgan fingerprint density at radius 3 is 2.69 bits per heavy atom. The molecular formula is C10H11NO2. The van der Waals surface area contributed by atoms with Crippen LogP contribution in [0.1, 0.15) is 12.5 Å². The van der Waals surface area contributed by atoms with Gasteiger partial charge >= 0.3 is 0 Å². The number of methoxy groups -OCH3 is 1. The second-order valence-electron chi connectivity index (χ2n) is 2.41. The average molecular weight is 177 g/mol. The lowest BCUT2D eigenvalue weighted by molar-refractivity contribution is 0.311. The molecule has 0 spiro atoms. The third-order valence-corrected chi connectivity index (χ3v) is 1.59. The van der Waals surface area contributed by atoms with Crippen molar-refractivity contribution in [3.63, 3.8) is 0 Å². The van der Waals surface area contributed by atoms with Crippen molar-refractivity contribution in [2.45, 2.75) is 6.92 Å². The zero-order chi connectivity index (χ0) is 9.68. The molecule has 0 aliphatic carbocycles. The molecule has 0 saturated carbocycles. The van der Waals surface area contributed by atoms with E-state index in [1.54, 1.807) is 25.3 Å². The van der Waals surface area contributed by atoms with E-state index in [9.17, 15) is 0 Å². The van der Waals surface area contributed by atoms with Gasteiger partial charge in [0.2, 0.25) is 0 Å². The monoisotopic (exact) mass is 177 g/mol. The van der Waals surface area contributed by atoms with Gasteiger partial charge in [0.25, 0.3) is 0 Å². The molecule has 0 fully saturated rings. The molecule has 1 rings (SSSR count). The molecule has 0 bridgehead atoms. The van der Waals surface area contributed by atoms with Crippen LogP contribution < -0.4 is 9.47 Å². The Hall–Kier alpha value is -1.69. The van der Waals surface area contributed by atoms with Gasteiger partial charge in [0, 0.05) is 6.07 Å². The molecule has 13 heavy (non-hydrogen) atoms. The molecule has 0 heterocycles. The minimum Gasteiger partial charge on any atom is -0.493 e. The summed E-state index contributed by atoms with van der Waals surface area (Å²) < 4.78 is 10.4. The van der Waals surface area contributed by atoms with Crippen LogP contribution in [0.5, 0.6) is 11.5 Å². The largest absolute Gasteiger partial charge is 0.493 e. The number of ether oxygens (including phenoxy) is 2. The molecule has 1 aromatic rings. The molecule has 0 radical (unpaired) electrons. The number of rotatable bonds is 3. The number of nitriles is 1. The van der Waals surface area contributed by atoms with Crippen LogP contribution in [-0.2, 0) is 0 Å². The molecule has 0 unspecified atom stereocenters. The van der Waals surface area contributed by atoms with Crippen LogP contribution in [0.2, 0.25) is 0 Å². The van der Waals surface area contributed by atoms with Crippen molar-refractivity contribution in [2.75, 3.05) is 13.7 Å². The van der Waals surface area contributed by atoms with Crippen molar-refractivity contribution in [1.29, 1.82) is 5.26 Å². The second-order valence-corrected chi connectivity index (χ2v) is 2.41. The third-order valence-electron chi connectivity index (χ3n) is 1.59. The molecule has 0 saturated heterocycles. The topological polar surface area (TPSA) is 42.2 Å². The highest BCUT2D eigenvalue weighted by molar-refractivity contribution is 5.46. The maximum Gasteiger partial charge on any atom is 0.162 e. The maximum atomic E-state index is 8.65. The molecule has 3 nitrogen and oxygen atoms in total. The summed E-state index contributed by atoms with van der Waals surface area (Å²) in [7, 11) is 1.57. The lowest BCUT2D eigenvalue weighted by atomic mass is 10.2. The van der Waals surface area contributed by atoms with Crippen LogP contribution in [0.25, 0.3) is 0 Å². The van der Waals surface area contributed by atoms with Crippen LogP contribution in [0, 0.1) is 11.3 Å². The summed E-state index contributed by atoms with van der Waals surface area (Å²) in [5.41, 5.74) is 0.573. The molecule has 0 N–H and O–H groups in total. The van der Waals surface area contributed by atoms with Crippen LogP contribution in [0.4, 0.5) is 0 Å². The fourth-order valence-corrected chi connectivity index (χ4v) is 1.01. The predicted octanol–water partition coefficient (Wildman–Crippen LogP) is 1.97. The highest BCUT2D eigenvalue weighted by atomic mass is 16.5. The molecule has 0 aliphatic rings. The van der Waals surface area contributed by atoms with Gasteiger partial charge in [0.1, 0.15) is 0 Å². The summed E-state index contributed by atoms with van der Waals surface area (Å²) in [6, 6.07) is 7.13. The highest BCUT2D eigenvalue weighted by Gasteiger charge is 2.03. The summed E-state index contributed by atoms with van der Waals surface area (Å²) in [5.74, 6) is 1.27. The van der Waals surface area contributed by atoms with Gasteiger partial charge in [0.15, 0.2) is 11.5 Å². The normalized spacial score (nSPS) is 9.00. The first kappa shape index (κ1) is 9.40. The quantitative estimate of drug-likeness (QED) is 0.708. The van der Waals surface area contributed by atoms with E-state index in [-0.39, 0.29) is 0 Å². The SMILES string of the molecule is CCOc1cc(C#N)ccc1OC. The summed E-state index contributed by atoms with van der Waals surface area (Å²) in [4.78, 5) is 0. The molecule has 0 aromatic heterocycles. The van der Waals surface area contributed by atoms with Crippen molar-refractivity contribution >= 4 is 0 Å². The molecule has 68 valence electrons. The number of benzene rings is 1. The maximum absolute atomic E-state index is 8.65. The molecule has 0 aliphatic heterocycles. The lowest BCUT2D eigenvalue weighted by Crippen LogP contribution is -1.95. The van der Waals surface area contributed by atoms with E-state index in [1.165, 1.54) is 0 Å². The molecular weight excluding hydrogens is 166 g/mol. The molecule has 3 heteroatoms. The Bertz CT molecular complexity index is 328. The number of hydrogen-bond acceptors (Lipinski definition) is 3. The second kappa shape index (κ2) is 4.36. The van der Waals surface area contributed by atoms with E-state index in [4.69, 9.17) is 14.7 Å². The zero-order valence-electron chi connectivity index (χ0n) is 7.70. The van der Waals surface area contributed by atoms with Crippen LogP contribution in [-0.4, -0.2) is 13.7 Å². The van der Waals surface area contributed by atoms with E-state index in [2.05, 4.69) is 0 Å². The predicted molar refractivity (Wildman–Crippen MR) is 48.9 cm³/mol. The summed E-state index contributed by atoms with van der Waals surface area (Å²) in [6.45, 7) is 2.45. The van der Waals surface area contributed by atoms with Gasteiger partial charge in [-0.2, -0.15) is 5.26 Å². The van der Waals surface area contributed by atoms with E-state index >= 15 is 0 Å². The third kappa shape index (κ3) is 2.12. The van der Waals surface area contributed by atoms with Crippen LogP contribution in [0.15, 0.2) is 18.2 Å². The van der Waals surface area contributed by atoms with Crippen molar-refractivity contribution in [3.05, 3.63) is 23.8 Å². The van der Waals surface area contributed by atoms with Crippen molar-refractivity contribution in [2.24, 2.45) is 0 Å². The van der Waals surface area contributed by atoms with Gasteiger partial charge in [-0.3, -0.25) is 0 Å². The van der Waals surface area contributed by atoms with Gasteiger partial charge in [-0.15, -0.1) is 0 Å². The van der Waals surface area contributed by atoms with E-state index < -0.39 is 0 Å². The van der Waals surface area contributed by atoms with Gasteiger partial charge in [-0.1, -0.05) is 0 Å². The Morgan fingerprint density at radius 1 is 1.38 bits per heavy atom. The summed E-state index contributed by atoms with van der Waals surface area (Å²) in [6.07, 6.45) is 0. The van der Waals surface area contributed by atoms with E-state index in [0.717, 1.165) is 0 Å². The molecule has 1 aromatic carbocycles. The fourth-order valence-electron chi connectivity index (χ4n) is 1.01. The van der Waals surface area contributed by atoms with Crippen molar-refractivity contribution in [3.8, 4) is 17.6 Å². The minimum atomic E-state index is 0.561. The lowest BCUT2D eigenvalue weighted by Gasteiger charge is -2.08. The number of nitrogens with zero attached hydrogens (tertiary/aromatic N) is 1. The zero-order valence-corrected chi connectivity index (χ0v) is 7.70. The van der Waals surface area contributed by atoms with Gasteiger partial charge in [-0.25, -0.2) is 0 Å². The first-order chi connectivity index (χ1) is 6.31. The van der Waals surface area contributed by atoms with Gasteiger partial charge in [0.05, 0.1) is 25.3 Å². The Balaban J connectivity index is 3.04. The van der Waals surface area contributed by atoms with Crippen molar-refractivity contribution < 1.29 is 9.47 Å². The Morgan fingerprint density at radius 2 is 2.15 bits per heavy atom. The average Bonchev–Trinajstić information content (AvgIpc) is 2.18. The van der Waals surface area contributed by atoms with E-state index in [0.29, 0.717) is 23.7 Å². The van der Waals surface area contributed by atoms with Crippen LogP contribution >= 0.6 is 0 Å². The first-order valence-corrected chi connectivity index (χ1v) is 4.02. The molecule has 0 amide bonds.